The number of carbonyl (C=O) groups excluding carboxylic acids is 1. The third kappa shape index (κ3) is 4.71. The highest BCUT2D eigenvalue weighted by Gasteiger charge is 2.11. The molecule has 0 unspecified atom stereocenters. The Morgan fingerprint density at radius 2 is 2.08 bits per heavy atom. The molecule has 2 aromatic rings. The standard InChI is InChI=1S/C18H26N6O/c1-2-17-22-20-14-24(17)12-9-19-18(25)21-15-7-6-8-16(13-15)23-10-4-3-5-11-23/h6-8,13-14H,2-5,9-12H2,1H3,(H2,19,21,25). The molecule has 0 saturated carbocycles. The van der Waals surface area contributed by atoms with E-state index < -0.39 is 0 Å². The van der Waals surface area contributed by atoms with Gasteiger partial charge in [-0.15, -0.1) is 10.2 Å². The van der Waals surface area contributed by atoms with E-state index in [0.717, 1.165) is 31.0 Å². The molecule has 7 heteroatoms. The van der Waals surface area contributed by atoms with E-state index in [4.69, 9.17) is 0 Å². The van der Waals surface area contributed by atoms with Crippen molar-refractivity contribution in [3.63, 3.8) is 0 Å². The number of piperidine rings is 1. The van der Waals surface area contributed by atoms with Gasteiger partial charge in [0.25, 0.3) is 0 Å². The lowest BCUT2D eigenvalue weighted by Crippen LogP contribution is -2.32. The number of anilines is 2. The lowest BCUT2D eigenvalue weighted by atomic mass is 10.1. The highest BCUT2D eigenvalue weighted by molar-refractivity contribution is 5.89. The average molecular weight is 342 g/mol. The van der Waals surface area contributed by atoms with Crippen LogP contribution in [0.25, 0.3) is 0 Å². The Hall–Kier alpha value is -2.57. The smallest absolute Gasteiger partial charge is 0.319 e. The van der Waals surface area contributed by atoms with Crippen molar-refractivity contribution in [3.05, 3.63) is 36.4 Å². The largest absolute Gasteiger partial charge is 0.371 e. The van der Waals surface area contributed by atoms with Crippen LogP contribution in [0.3, 0.4) is 0 Å². The van der Waals surface area contributed by atoms with Crippen LogP contribution in [0.1, 0.15) is 32.0 Å². The van der Waals surface area contributed by atoms with E-state index >= 15 is 0 Å². The van der Waals surface area contributed by atoms with E-state index in [-0.39, 0.29) is 6.03 Å². The molecular weight excluding hydrogens is 316 g/mol. The minimum atomic E-state index is -0.193. The molecule has 0 bridgehead atoms. The van der Waals surface area contributed by atoms with Crippen LogP contribution in [0.5, 0.6) is 0 Å². The number of benzene rings is 1. The minimum absolute atomic E-state index is 0.193. The molecule has 1 aliphatic rings. The molecule has 0 spiro atoms. The number of carbonyl (C=O) groups is 1. The summed E-state index contributed by atoms with van der Waals surface area (Å²) in [4.78, 5) is 14.5. The number of aromatic nitrogens is 3. The van der Waals surface area contributed by atoms with E-state index in [9.17, 15) is 4.79 Å². The lowest BCUT2D eigenvalue weighted by Gasteiger charge is -2.29. The molecule has 1 aromatic carbocycles. The summed E-state index contributed by atoms with van der Waals surface area (Å²) in [6.07, 6.45) is 6.31. The first kappa shape index (κ1) is 17.3. The van der Waals surface area contributed by atoms with Gasteiger partial charge in [-0.25, -0.2) is 4.79 Å². The number of nitrogens with zero attached hydrogens (tertiary/aromatic N) is 4. The van der Waals surface area contributed by atoms with Gasteiger partial charge in [0.15, 0.2) is 0 Å². The van der Waals surface area contributed by atoms with Gasteiger partial charge in [0.2, 0.25) is 0 Å². The third-order valence-corrected chi connectivity index (χ3v) is 4.48. The average Bonchev–Trinajstić information content (AvgIpc) is 3.10. The Bertz CT molecular complexity index is 692. The molecule has 2 heterocycles. The normalized spacial score (nSPS) is 14.4. The van der Waals surface area contributed by atoms with Gasteiger partial charge in [-0.05, 0) is 37.5 Å². The topological polar surface area (TPSA) is 75.1 Å². The SMILES string of the molecule is CCc1nncn1CCNC(=O)Nc1cccc(N2CCCCC2)c1. The first-order valence-corrected chi connectivity index (χ1v) is 9.03. The van der Waals surface area contributed by atoms with Crippen LogP contribution in [-0.4, -0.2) is 40.4 Å². The maximum Gasteiger partial charge on any atom is 0.319 e. The molecule has 7 nitrogen and oxygen atoms in total. The van der Waals surface area contributed by atoms with Crippen molar-refractivity contribution in [3.8, 4) is 0 Å². The first-order chi connectivity index (χ1) is 12.3. The fourth-order valence-electron chi connectivity index (χ4n) is 3.14. The maximum absolute atomic E-state index is 12.1. The van der Waals surface area contributed by atoms with Crippen LogP contribution >= 0.6 is 0 Å². The van der Waals surface area contributed by atoms with E-state index in [2.05, 4.69) is 31.8 Å². The van der Waals surface area contributed by atoms with Crippen LogP contribution in [-0.2, 0) is 13.0 Å². The minimum Gasteiger partial charge on any atom is -0.371 e. The summed E-state index contributed by atoms with van der Waals surface area (Å²) in [6, 6.07) is 7.86. The Morgan fingerprint density at radius 3 is 2.88 bits per heavy atom. The quantitative estimate of drug-likeness (QED) is 0.846. The summed E-state index contributed by atoms with van der Waals surface area (Å²) in [5.41, 5.74) is 1.99. The molecule has 25 heavy (non-hydrogen) atoms. The molecule has 1 aromatic heterocycles. The van der Waals surface area contributed by atoms with E-state index in [1.54, 1.807) is 6.33 Å². The van der Waals surface area contributed by atoms with Crippen molar-refractivity contribution in [2.24, 2.45) is 0 Å². The monoisotopic (exact) mass is 342 g/mol. The Balaban J connectivity index is 1.49. The van der Waals surface area contributed by atoms with Gasteiger partial charge in [0.05, 0.1) is 0 Å². The molecule has 1 fully saturated rings. The fraction of sp³-hybridized carbons (Fsp3) is 0.500. The van der Waals surface area contributed by atoms with Gasteiger partial charge in [0.1, 0.15) is 12.2 Å². The van der Waals surface area contributed by atoms with Gasteiger partial charge in [-0.1, -0.05) is 13.0 Å². The number of nitrogens with one attached hydrogen (secondary N) is 2. The summed E-state index contributed by atoms with van der Waals surface area (Å²) in [7, 11) is 0. The number of rotatable bonds is 6. The molecule has 0 radical (unpaired) electrons. The van der Waals surface area contributed by atoms with E-state index in [1.807, 2.05) is 29.7 Å². The molecular formula is C18H26N6O. The summed E-state index contributed by atoms with van der Waals surface area (Å²) in [6.45, 7) is 5.42. The molecule has 0 atom stereocenters. The van der Waals surface area contributed by atoms with Crippen molar-refractivity contribution < 1.29 is 4.79 Å². The van der Waals surface area contributed by atoms with E-state index in [0.29, 0.717) is 13.1 Å². The Morgan fingerprint density at radius 1 is 1.24 bits per heavy atom. The number of hydrogen-bond donors (Lipinski definition) is 2. The summed E-state index contributed by atoms with van der Waals surface area (Å²) >= 11 is 0. The zero-order valence-electron chi connectivity index (χ0n) is 14.7. The zero-order chi connectivity index (χ0) is 17.5. The molecule has 134 valence electrons. The first-order valence-electron chi connectivity index (χ1n) is 9.03. The van der Waals surface area contributed by atoms with Gasteiger partial charge in [-0.2, -0.15) is 0 Å². The van der Waals surface area contributed by atoms with Crippen LogP contribution in [0, 0.1) is 0 Å². The molecule has 1 aliphatic heterocycles. The summed E-state index contributed by atoms with van der Waals surface area (Å²) in [5.74, 6) is 0.927. The number of hydrogen-bond acceptors (Lipinski definition) is 4. The lowest BCUT2D eigenvalue weighted by molar-refractivity contribution is 0.251. The third-order valence-electron chi connectivity index (χ3n) is 4.48. The van der Waals surface area contributed by atoms with Crippen molar-refractivity contribution in [2.45, 2.75) is 39.2 Å². The van der Waals surface area contributed by atoms with Crippen molar-refractivity contribution in [1.29, 1.82) is 0 Å². The Kier molecular flexibility index (Phi) is 5.87. The van der Waals surface area contributed by atoms with Gasteiger partial charge >= 0.3 is 6.03 Å². The van der Waals surface area contributed by atoms with Crippen molar-refractivity contribution in [2.75, 3.05) is 29.9 Å². The van der Waals surface area contributed by atoms with Crippen LogP contribution in [0.2, 0.25) is 0 Å². The number of aryl methyl sites for hydroxylation is 1. The second-order valence-corrected chi connectivity index (χ2v) is 6.27. The van der Waals surface area contributed by atoms with Crippen molar-refractivity contribution >= 4 is 17.4 Å². The number of urea groups is 1. The number of amides is 2. The second kappa shape index (κ2) is 8.50. The molecule has 2 N–H and O–H groups in total. The molecule has 0 aliphatic carbocycles. The van der Waals surface area contributed by atoms with Gasteiger partial charge < -0.3 is 20.1 Å². The Labute approximate surface area is 148 Å². The zero-order valence-corrected chi connectivity index (χ0v) is 14.7. The second-order valence-electron chi connectivity index (χ2n) is 6.27. The van der Waals surface area contributed by atoms with Crippen LogP contribution in [0.15, 0.2) is 30.6 Å². The van der Waals surface area contributed by atoms with Gasteiger partial charge in [-0.3, -0.25) is 0 Å². The highest BCUT2D eigenvalue weighted by Crippen LogP contribution is 2.22. The summed E-state index contributed by atoms with van der Waals surface area (Å²) in [5, 5.41) is 13.7. The molecule has 3 rings (SSSR count). The summed E-state index contributed by atoms with van der Waals surface area (Å²) < 4.78 is 1.96. The van der Waals surface area contributed by atoms with Crippen LogP contribution in [0.4, 0.5) is 16.2 Å². The predicted molar refractivity (Wildman–Crippen MR) is 98.9 cm³/mol. The molecule has 2 amide bonds. The van der Waals surface area contributed by atoms with E-state index in [1.165, 1.54) is 24.9 Å². The fourth-order valence-corrected chi connectivity index (χ4v) is 3.14. The maximum atomic E-state index is 12.1. The predicted octanol–water partition coefficient (Wildman–Crippen LogP) is 2.65. The molecule has 1 saturated heterocycles. The van der Waals surface area contributed by atoms with Crippen LogP contribution < -0.4 is 15.5 Å². The van der Waals surface area contributed by atoms with Crippen molar-refractivity contribution in [1.82, 2.24) is 20.1 Å². The van der Waals surface area contributed by atoms with Gasteiger partial charge in [0, 0.05) is 44.0 Å². The highest BCUT2D eigenvalue weighted by atomic mass is 16.2.